The van der Waals surface area contributed by atoms with Gasteiger partial charge in [-0.3, -0.25) is 0 Å². The second kappa shape index (κ2) is 9.03. The fourth-order valence-electron chi connectivity index (χ4n) is 2.12. The molecule has 20 heavy (non-hydrogen) atoms. The second-order valence-electron chi connectivity index (χ2n) is 4.52. The van der Waals surface area contributed by atoms with Crippen LogP contribution >= 0.6 is 0 Å². The molecule has 1 rings (SSSR count). The molecule has 0 amide bonds. The molecule has 0 heterocycles. The third-order valence-corrected chi connectivity index (χ3v) is 3.09. The zero-order valence-corrected chi connectivity index (χ0v) is 12.7. The fraction of sp³-hybridized carbons (Fsp3) is 0.333. The van der Waals surface area contributed by atoms with Gasteiger partial charge in [0.1, 0.15) is 0 Å². The lowest BCUT2D eigenvalue weighted by Crippen LogP contribution is -1.93. The molecule has 0 aliphatic rings. The summed E-state index contributed by atoms with van der Waals surface area (Å²) in [5, 5.41) is 0. The van der Waals surface area contributed by atoms with Crippen molar-refractivity contribution in [2.75, 3.05) is 14.2 Å². The van der Waals surface area contributed by atoms with Crippen LogP contribution in [0.5, 0.6) is 11.5 Å². The minimum absolute atomic E-state index is 0.775. The van der Waals surface area contributed by atoms with E-state index in [2.05, 4.69) is 30.9 Å². The largest absolute Gasteiger partial charge is 0.493 e. The van der Waals surface area contributed by atoms with Crippen molar-refractivity contribution < 1.29 is 9.47 Å². The highest BCUT2D eigenvalue weighted by Crippen LogP contribution is 2.28. The predicted octanol–water partition coefficient (Wildman–Crippen LogP) is 4.72. The zero-order valence-electron chi connectivity index (χ0n) is 12.7. The Labute approximate surface area is 122 Å². The van der Waals surface area contributed by atoms with Gasteiger partial charge in [0.2, 0.25) is 0 Å². The molecule has 0 spiro atoms. The Bertz CT molecular complexity index is 484. The van der Waals surface area contributed by atoms with Gasteiger partial charge >= 0.3 is 0 Å². The van der Waals surface area contributed by atoms with Gasteiger partial charge in [0.15, 0.2) is 11.5 Å². The topological polar surface area (TPSA) is 18.5 Å². The first-order valence-corrected chi connectivity index (χ1v) is 6.90. The van der Waals surface area contributed by atoms with Crippen molar-refractivity contribution in [2.45, 2.75) is 26.2 Å². The molecule has 0 saturated heterocycles. The maximum atomic E-state index is 5.32. The second-order valence-corrected chi connectivity index (χ2v) is 4.52. The molecule has 0 aliphatic carbocycles. The third kappa shape index (κ3) is 4.96. The Kier molecular flexibility index (Phi) is 7.26. The summed E-state index contributed by atoms with van der Waals surface area (Å²) in [6.07, 6.45) is 11.3. The third-order valence-electron chi connectivity index (χ3n) is 3.09. The molecule has 0 saturated carbocycles. The maximum Gasteiger partial charge on any atom is 0.160 e. The average Bonchev–Trinajstić information content (AvgIpc) is 2.47. The van der Waals surface area contributed by atoms with Gasteiger partial charge in [0.25, 0.3) is 0 Å². The Balaban J connectivity index is 2.61. The highest BCUT2D eigenvalue weighted by atomic mass is 16.5. The molecule has 2 nitrogen and oxygen atoms in total. The molecule has 108 valence electrons. The maximum absolute atomic E-state index is 5.32. The van der Waals surface area contributed by atoms with Crippen LogP contribution in [0.4, 0.5) is 0 Å². The minimum atomic E-state index is 0.775. The first-order valence-electron chi connectivity index (χ1n) is 6.90. The molecule has 0 N–H and O–H groups in total. The Morgan fingerprint density at radius 1 is 1.20 bits per heavy atom. The van der Waals surface area contributed by atoms with Gasteiger partial charge in [-0.1, -0.05) is 36.9 Å². The van der Waals surface area contributed by atoms with Gasteiger partial charge in [-0.15, -0.1) is 0 Å². The minimum Gasteiger partial charge on any atom is -0.493 e. The summed E-state index contributed by atoms with van der Waals surface area (Å²) in [5.74, 6) is 1.57. The SMILES string of the molecule is C=C/C=C(\C=C/C)CCCc1ccc(OC)c(OC)c1. The molecule has 0 aromatic heterocycles. The molecule has 0 aliphatic heterocycles. The number of ether oxygens (including phenoxy) is 2. The Hall–Kier alpha value is -1.96. The van der Waals surface area contributed by atoms with Crippen LogP contribution < -0.4 is 9.47 Å². The molecular weight excluding hydrogens is 248 g/mol. The van der Waals surface area contributed by atoms with E-state index in [4.69, 9.17) is 9.47 Å². The quantitative estimate of drug-likeness (QED) is 0.638. The predicted molar refractivity (Wildman–Crippen MR) is 85.6 cm³/mol. The summed E-state index contributed by atoms with van der Waals surface area (Å²) < 4.78 is 10.6. The lowest BCUT2D eigenvalue weighted by atomic mass is 10.0. The van der Waals surface area contributed by atoms with Crippen LogP contribution in [0.25, 0.3) is 0 Å². The van der Waals surface area contributed by atoms with Crippen LogP contribution in [-0.4, -0.2) is 14.2 Å². The van der Waals surface area contributed by atoms with E-state index in [0.29, 0.717) is 0 Å². The molecule has 0 atom stereocenters. The van der Waals surface area contributed by atoms with E-state index >= 15 is 0 Å². The van der Waals surface area contributed by atoms with Crippen LogP contribution in [0.1, 0.15) is 25.3 Å². The van der Waals surface area contributed by atoms with Crippen molar-refractivity contribution in [3.63, 3.8) is 0 Å². The first-order chi connectivity index (χ1) is 9.74. The number of allylic oxidation sites excluding steroid dienone is 5. The first kappa shape index (κ1) is 16.1. The zero-order chi connectivity index (χ0) is 14.8. The monoisotopic (exact) mass is 272 g/mol. The van der Waals surface area contributed by atoms with Crippen LogP contribution in [-0.2, 0) is 6.42 Å². The van der Waals surface area contributed by atoms with Crippen LogP contribution in [0, 0.1) is 0 Å². The standard InChI is InChI=1S/C18H24O2/c1-5-8-15(9-6-2)10-7-11-16-12-13-17(19-3)18(14-16)20-4/h5-6,8-9,12-14H,1,7,10-11H2,2-4H3/b9-6-,15-8+. The van der Waals surface area contributed by atoms with Gasteiger partial charge in [0, 0.05) is 0 Å². The van der Waals surface area contributed by atoms with Gasteiger partial charge in [-0.2, -0.15) is 0 Å². The molecule has 0 unspecified atom stereocenters. The van der Waals surface area contributed by atoms with Gasteiger partial charge in [0.05, 0.1) is 14.2 Å². The van der Waals surface area contributed by atoms with Gasteiger partial charge in [-0.05, 0) is 49.5 Å². The van der Waals surface area contributed by atoms with E-state index < -0.39 is 0 Å². The molecule has 1 aromatic carbocycles. The number of hydrogen-bond acceptors (Lipinski definition) is 2. The Morgan fingerprint density at radius 3 is 2.55 bits per heavy atom. The average molecular weight is 272 g/mol. The highest BCUT2D eigenvalue weighted by molar-refractivity contribution is 5.42. The number of aryl methyl sites for hydroxylation is 1. The number of benzene rings is 1. The summed E-state index contributed by atoms with van der Waals surface area (Å²) in [4.78, 5) is 0. The van der Waals surface area contributed by atoms with E-state index in [1.54, 1.807) is 14.2 Å². The number of hydrogen-bond donors (Lipinski definition) is 0. The summed E-state index contributed by atoms with van der Waals surface area (Å²) in [6.45, 7) is 5.78. The summed E-state index contributed by atoms with van der Waals surface area (Å²) in [5.41, 5.74) is 2.57. The van der Waals surface area contributed by atoms with Crippen molar-refractivity contribution in [2.24, 2.45) is 0 Å². The van der Waals surface area contributed by atoms with Crippen molar-refractivity contribution >= 4 is 0 Å². The fourth-order valence-corrected chi connectivity index (χ4v) is 2.12. The van der Waals surface area contributed by atoms with Crippen molar-refractivity contribution in [3.8, 4) is 11.5 Å². The normalized spacial score (nSPS) is 11.7. The van der Waals surface area contributed by atoms with Gasteiger partial charge < -0.3 is 9.47 Å². The van der Waals surface area contributed by atoms with Crippen molar-refractivity contribution in [1.29, 1.82) is 0 Å². The van der Waals surface area contributed by atoms with Crippen LogP contribution in [0.15, 0.2) is 54.7 Å². The smallest absolute Gasteiger partial charge is 0.160 e. The van der Waals surface area contributed by atoms with E-state index in [9.17, 15) is 0 Å². The molecular formula is C18H24O2. The lowest BCUT2D eigenvalue weighted by Gasteiger charge is -2.09. The lowest BCUT2D eigenvalue weighted by molar-refractivity contribution is 0.354. The van der Waals surface area contributed by atoms with Gasteiger partial charge in [-0.25, -0.2) is 0 Å². The van der Waals surface area contributed by atoms with Crippen molar-refractivity contribution in [3.05, 3.63) is 60.2 Å². The van der Waals surface area contributed by atoms with E-state index in [-0.39, 0.29) is 0 Å². The molecule has 0 bridgehead atoms. The van der Waals surface area contributed by atoms with Crippen LogP contribution in [0.2, 0.25) is 0 Å². The number of methoxy groups -OCH3 is 2. The molecule has 0 radical (unpaired) electrons. The Morgan fingerprint density at radius 2 is 1.95 bits per heavy atom. The highest BCUT2D eigenvalue weighted by Gasteiger charge is 2.04. The summed E-state index contributed by atoms with van der Waals surface area (Å²) >= 11 is 0. The van der Waals surface area contributed by atoms with E-state index in [1.165, 1.54) is 11.1 Å². The molecule has 2 heteroatoms. The number of rotatable bonds is 8. The summed E-state index contributed by atoms with van der Waals surface area (Å²) in [7, 11) is 3.32. The summed E-state index contributed by atoms with van der Waals surface area (Å²) in [6, 6.07) is 6.10. The molecule has 0 fully saturated rings. The molecule has 1 aromatic rings. The van der Waals surface area contributed by atoms with E-state index in [1.807, 2.05) is 25.1 Å². The van der Waals surface area contributed by atoms with Crippen LogP contribution in [0.3, 0.4) is 0 Å². The van der Waals surface area contributed by atoms with Crippen molar-refractivity contribution in [1.82, 2.24) is 0 Å². The van der Waals surface area contributed by atoms with E-state index in [0.717, 1.165) is 30.8 Å².